The molecule has 0 amide bonds. The second-order valence-electron chi connectivity index (χ2n) is 10.1. The van der Waals surface area contributed by atoms with Gasteiger partial charge in [-0.25, -0.2) is 0 Å². The average molecular weight is 419 g/mol. The summed E-state index contributed by atoms with van der Waals surface area (Å²) >= 11 is 0. The minimum absolute atomic E-state index is 0.0611. The summed E-state index contributed by atoms with van der Waals surface area (Å²) in [5.41, 5.74) is -0.428. The van der Waals surface area contributed by atoms with Crippen LogP contribution in [0.5, 0.6) is 0 Å². The Kier molecular flexibility index (Phi) is 5.73. The van der Waals surface area contributed by atoms with Gasteiger partial charge in [0, 0.05) is 5.56 Å². The van der Waals surface area contributed by atoms with Gasteiger partial charge < -0.3 is 19.0 Å². The lowest BCUT2D eigenvalue weighted by atomic mass is 9.47. The van der Waals surface area contributed by atoms with Crippen molar-refractivity contribution in [1.29, 1.82) is 0 Å². The number of aliphatic hydroxyl groups is 1. The second kappa shape index (κ2) is 8.03. The first-order valence-corrected chi connectivity index (χ1v) is 11.4. The van der Waals surface area contributed by atoms with Crippen molar-refractivity contribution in [2.24, 2.45) is 29.1 Å². The lowest BCUT2D eigenvalue weighted by Gasteiger charge is -2.58. The van der Waals surface area contributed by atoms with Crippen LogP contribution in [0.2, 0.25) is 0 Å². The summed E-state index contributed by atoms with van der Waals surface area (Å²) in [7, 11) is 0. The Hall–Kier alpha value is -1.82. The molecule has 2 saturated carbocycles. The summed E-state index contributed by atoms with van der Waals surface area (Å²) in [5.74, 6) is -0.695. The van der Waals surface area contributed by atoms with E-state index >= 15 is 0 Å². The molecule has 0 spiro atoms. The van der Waals surface area contributed by atoms with Gasteiger partial charge in [-0.2, -0.15) is 0 Å². The SMILES string of the molecule is CCCCOC(=O)[C@@H]1C[C@](C)(O)C[C@@H]2[C@@H]1CC[C@@H]1C(=O)O[C@H](c3ccoc3)C[C@]12C. The van der Waals surface area contributed by atoms with Crippen molar-refractivity contribution in [2.45, 2.75) is 77.4 Å². The molecule has 0 radical (unpaired) electrons. The number of carbonyl (C=O) groups excluding carboxylic acids is 2. The number of carbonyl (C=O) groups is 2. The predicted octanol–water partition coefficient (Wildman–Crippen LogP) is 4.42. The molecular weight excluding hydrogens is 384 g/mol. The lowest BCUT2D eigenvalue weighted by Crippen LogP contribution is -2.58. The number of hydrogen-bond donors (Lipinski definition) is 1. The van der Waals surface area contributed by atoms with Gasteiger partial charge in [-0.05, 0) is 68.8 Å². The standard InChI is InChI=1S/C24H34O6/c1-4-5-9-29-21(25)17-11-23(2,27)12-19-16(17)6-7-18-22(26)30-20(13-24(18,19)3)15-8-10-28-14-15/h8,10,14,16-20,27H,4-7,9,11-13H2,1-3H3/t16-,17-,18-,19-,20+,23+,24-/m1/s1. The molecule has 30 heavy (non-hydrogen) atoms. The second-order valence-corrected chi connectivity index (χ2v) is 10.1. The molecule has 166 valence electrons. The van der Waals surface area contributed by atoms with Crippen LogP contribution < -0.4 is 0 Å². The Bertz CT molecular complexity index is 769. The normalized spacial score (nSPS) is 40.8. The molecule has 0 aromatic carbocycles. The molecule has 7 atom stereocenters. The number of fused-ring (bicyclic) bond motifs is 3. The number of rotatable bonds is 5. The fraction of sp³-hybridized carbons (Fsp3) is 0.750. The molecule has 3 aliphatic rings. The summed E-state index contributed by atoms with van der Waals surface area (Å²) in [6, 6.07) is 1.84. The number of furan rings is 1. The number of esters is 2. The van der Waals surface area contributed by atoms with Crippen molar-refractivity contribution in [1.82, 2.24) is 0 Å². The Morgan fingerprint density at radius 2 is 2.07 bits per heavy atom. The van der Waals surface area contributed by atoms with E-state index in [9.17, 15) is 14.7 Å². The number of cyclic esters (lactones) is 1. The van der Waals surface area contributed by atoms with Crippen LogP contribution in [0.15, 0.2) is 23.0 Å². The van der Waals surface area contributed by atoms with Crippen molar-refractivity contribution in [3.63, 3.8) is 0 Å². The van der Waals surface area contributed by atoms with E-state index in [4.69, 9.17) is 13.9 Å². The maximum Gasteiger partial charge on any atom is 0.310 e. The van der Waals surface area contributed by atoms with E-state index in [1.807, 2.05) is 13.0 Å². The molecule has 1 aromatic heterocycles. The van der Waals surface area contributed by atoms with Crippen LogP contribution in [0.25, 0.3) is 0 Å². The Morgan fingerprint density at radius 1 is 1.27 bits per heavy atom. The molecule has 1 N–H and O–H groups in total. The fourth-order valence-corrected chi connectivity index (χ4v) is 6.36. The van der Waals surface area contributed by atoms with E-state index in [1.54, 1.807) is 12.5 Å². The molecular formula is C24H34O6. The molecule has 3 fully saturated rings. The van der Waals surface area contributed by atoms with E-state index in [0.29, 0.717) is 25.9 Å². The van der Waals surface area contributed by atoms with Crippen molar-refractivity contribution < 1.29 is 28.6 Å². The monoisotopic (exact) mass is 418 g/mol. The summed E-state index contributed by atoms with van der Waals surface area (Å²) < 4.78 is 16.6. The largest absolute Gasteiger partial charge is 0.472 e. The van der Waals surface area contributed by atoms with Gasteiger partial charge in [0.1, 0.15) is 6.10 Å². The third-order valence-electron chi connectivity index (χ3n) is 7.91. The van der Waals surface area contributed by atoms with Crippen LogP contribution in [0.1, 0.15) is 77.4 Å². The van der Waals surface area contributed by atoms with E-state index < -0.39 is 5.60 Å². The van der Waals surface area contributed by atoms with Crippen LogP contribution in [-0.4, -0.2) is 29.3 Å². The first-order valence-electron chi connectivity index (χ1n) is 11.4. The topological polar surface area (TPSA) is 86.0 Å². The molecule has 6 nitrogen and oxygen atoms in total. The number of hydrogen-bond acceptors (Lipinski definition) is 6. The molecule has 1 saturated heterocycles. The van der Waals surface area contributed by atoms with E-state index in [-0.39, 0.29) is 47.1 Å². The zero-order valence-corrected chi connectivity index (χ0v) is 18.3. The quantitative estimate of drug-likeness (QED) is 0.563. The van der Waals surface area contributed by atoms with Gasteiger partial charge in [0.2, 0.25) is 0 Å². The highest BCUT2D eigenvalue weighted by atomic mass is 16.5. The van der Waals surface area contributed by atoms with Crippen molar-refractivity contribution in [2.75, 3.05) is 6.61 Å². The van der Waals surface area contributed by atoms with Gasteiger partial charge in [-0.1, -0.05) is 20.3 Å². The molecule has 1 aromatic rings. The van der Waals surface area contributed by atoms with Gasteiger partial charge in [-0.3, -0.25) is 9.59 Å². The zero-order chi connectivity index (χ0) is 21.5. The first kappa shape index (κ1) is 21.4. The Labute approximate surface area is 178 Å². The summed E-state index contributed by atoms with van der Waals surface area (Å²) in [6.45, 7) is 6.47. The van der Waals surface area contributed by atoms with Gasteiger partial charge in [0.05, 0.1) is 36.6 Å². The maximum atomic E-state index is 13.0. The molecule has 4 rings (SSSR count). The summed E-state index contributed by atoms with van der Waals surface area (Å²) in [6.07, 6.45) is 7.90. The fourth-order valence-electron chi connectivity index (χ4n) is 6.36. The van der Waals surface area contributed by atoms with Gasteiger partial charge >= 0.3 is 11.9 Å². The summed E-state index contributed by atoms with van der Waals surface area (Å²) in [4.78, 5) is 25.9. The highest BCUT2D eigenvalue weighted by molar-refractivity contribution is 5.76. The zero-order valence-electron chi connectivity index (χ0n) is 18.3. The number of ether oxygens (including phenoxy) is 2. The van der Waals surface area contributed by atoms with Crippen LogP contribution in [0.4, 0.5) is 0 Å². The molecule has 2 heterocycles. The van der Waals surface area contributed by atoms with E-state index in [1.165, 1.54) is 0 Å². The van der Waals surface area contributed by atoms with Crippen LogP contribution in [0.3, 0.4) is 0 Å². The van der Waals surface area contributed by atoms with Crippen LogP contribution in [-0.2, 0) is 19.1 Å². The first-order chi connectivity index (χ1) is 14.2. The molecule has 1 aliphatic heterocycles. The van der Waals surface area contributed by atoms with Crippen LogP contribution >= 0.6 is 0 Å². The minimum Gasteiger partial charge on any atom is -0.472 e. The van der Waals surface area contributed by atoms with Crippen molar-refractivity contribution >= 4 is 11.9 Å². The summed E-state index contributed by atoms with van der Waals surface area (Å²) in [5, 5.41) is 11.1. The van der Waals surface area contributed by atoms with Crippen molar-refractivity contribution in [3.05, 3.63) is 24.2 Å². The highest BCUT2D eigenvalue weighted by Gasteiger charge is 2.61. The minimum atomic E-state index is -0.951. The molecule has 0 bridgehead atoms. The maximum absolute atomic E-state index is 13.0. The third-order valence-corrected chi connectivity index (χ3v) is 7.91. The predicted molar refractivity (Wildman–Crippen MR) is 109 cm³/mol. The van der Waals surface area contributed by atoms with Crippen LogP contribution in [0, 0.1) is 29.1 Å². The van der Waals surface area contributed by atoms with E-state index in [2.05, 4.69) is 13.8 Å². The Balaban J connectivity index is 1.62. The molecule has 0 unspecified atom stereocenters. The lowest BCUT2D eigenvalue weighted by molar-refractivity contribution is -0.202. The van der Waals surface area contributed by atoms with Gasteiger partial charge in [0.15, 0.2) is 0 Å². The average Bonchev–Trinajstić information content (AvgIpc) is 3.22. The smallest absolute Gasteiger partial charge is 0.310 e. The molecule has 2 aliphatic carbocycles. The van der Waals surface area contributed by atoms with Gasteiger partial charge in [-0.15, -0.1) is 0 Å². The Morgan fingerprint density at radius 3 is 2.77 bits per heavy atom. The van der Waals surface area contributed by atoms with Crippen molar-refractivity contribution in [3.8, 4) is 0 Å². The third kappa shape index (κ3) is 3.79. The molecule has 6 heteroatoms. The number of unbranched alkanes of at least 4 members (excludes halogenated alkanes) is 1. The van der Waals surface area contributed by atoms with Gasteiger partial charge in [0.25, 0.3) is 0 Å². The highest BCUT2D eigenvalue weighted by Crippen LogP contribution is 2.62. The van der Waals surface area contributed by atoms with E-state index in [0.717, 1.165) is 31.2 Å².